The van der Waals surface area contributed by atoms with Crippen molar-refractivity contribution in [3.8, 4) is 0 Å². The summed E-state index contributed by atoms with van der Waals surface area (Å²) in [5, 5.41) is 17.6. The van der Waals surface area contributed by atoms with Gasteiger partial charge in [-0.25, -0.2) is 9.98 Å². The number of nitrogens with zero attached hydrogens (tertiary/aromatic N) is 4. The van der Waals surface area contributed by atoms with Crippen LogP contribution in [-0.4, -0.2) is 33.5 Å². The molecule has 2 aromatic carbocycles. The second-order valence-corrected chi connectivity index (χ2v) is 6.66. The maximum Gasteiger partial charge on any atom is 0.274 e. The van der Waals surface area contributed by atoms with Crippen molar-refractivity contribution in [2.45, 2.75) is 33.4 Å². The lowest BCUT2D eigenvalue weighted by Crippen LogP contribution is -2.38. The third-order valence-electron chi connectivity index (χ3n) is 4.64. The summed E-state index contributed by atoms with van der Waals surface area (Å²) in [6.07, 6.45) is 0.900. The first-order valence-corrected chi connectivity index (χ1v) is 9.76. The monoisotopic (exact) mass is 522 g/mol. The molecule has 0 fully saturated rings. The summed E-state index contributed by atoms with van der Waals surface area (Å²) in [6.45, 7) is 6.55. The smallest absolute Gasteiger partial charge is 0.274 e. The summed E-state index contributed by atoms with van der Waals surface area (Å²) in [5.74, 6) is 1.65. The fourth-order valence-corrected chi connectivity index (χ4v) is 3.25. The largest absolute Gasteiger partial charge is 0.357 e. The number of imidazole rings is 1. The van der Waals surface area contributed by atoms with Crippen LogP contribution in [0.2, 0.25) is 0 Å². The molecule has 0 aliphatic rings. The molecule has 0 saturated heterocycles. The van der Waals surface area contributed by atoms with Gasteiger partial charge < -0.3 is 15.2 Å². The van der Waals surface area contributed by atoms with Gasteiger partial charge in [-0.15, -0.1) is 24.0 Å². The molecule has 1 heterocycles. The molecule has 3 aromatic rings. The highest BCUT2D eigenvalue weighted by molar-refractivity contribution is 14.0. The second kappa shape index (κ2) is 11.5. The van der Waals surface area contributed by atoms with Gasteiger partial charge in [0, 0.05) is 25.7 Å². The van der Waals surface area contributed by atoms with Crippen molar-refractivity contribution in [3.05, 3.63) is 70.0 Å². The zero-order chi connectivity index (χ0) is 20.6. The molecule has 0 atom stereocenters. The number of fused-ring (bicyclic) bond motifs is 1. The van der Waals surface area contributed by atoms with Gasteiger partial charge in [0.25, 0.3) is 5.69 Å². The van der Waals surface area contributed by atoms with Gasteiger partial charge in [-0.3, -0.25) is 10.1 Å². The first kappa shape index (κ1) is 23.6. The minimum atomic E-state index is -0.372. The number of nitro benzene ring substituents is 1. The summed E-state index contributed by atoms with van der Waals surface area (Å²) < 4.78 is 2.22. The van der Waals surface area contributed by atoms with E-state index >= 15 is 0 Å². The summed E-state index contributed by atoms with van der Waals surface area (Å²) in [7, 11) is 0. The van der Waals surface area contributed by atoms with Gasteiger partial charge in [0.1, 0.15) is 5.82 Å². The van der Waals surface area contributed by atoms with E-state index in [1.54, 1.807) is 18.2 Å². The normalized spacial score (nSPS) is 11.2. The third kappa shape index (κ3) is 5.91. The van der Waals surface area contributed by atoms with Crippen LogP contribution < -0.4 is 10.6 Å². The second-order valence-electron chi connectivity index (χ2n) is 6.66. The lowest BCUT2D eigenvalue weighted by molar-refractivity contribution is -0.385. The lowest BCUT2D eigenvalue weighted by atomic mass is 10.2. The highest BCUT2D eigenvalue weighted by Gasteiger charge is 2.12. The maximum absolute atomic E-state index is 11.2. The molecule has 0 bridgehead atoms. The van der Waals surface area contributed by atoms with Gasteiger partial charge in [0.2, 0.25) is 0 Å². The molecular weight excluding hydrogens is 495 g/mol. The van der Waals surface area contributed by atoms with Crippen LogP contribution in [0, 0.1) is 17.0 Å². The third-order valence-corrected chi connectivity index (χ3v) is 4.64. The topological polar surface area (TPSA) is 97.4 Å². The van der Waals surface area contributed by atoms with E-state index < -0.39 is 0 Å². The van der Waals surface area contributed by atoms with Crippen molar-refractivity contribution >= 4 is 46.7 Å². The Labute approximate surface area is 193 Å². The van der Waals surface area contributed by atoms with E-state index in [1.807, 2.05) is 32.0 Å². The Balaban J connectivity index is 0.00000320. The van der Waals surface area contributed by atoms with E-state index in [0.717, 1.165) is 36.4 Å². The van der Waals surface area contributed by atoms with Crippen LogP contribution in [0.5, 0.6) is 0 Å². The van der Waals surface area contributed by atoms with Crippen LogP contribution in [0.4, 0.5) is 5.69 Å². The molecule has 9 heteroatoms. The fourth-order valence-electron chi connectivity index (χ4n) is 3.25. The summed E-state index contributed by atoms with van der Waals surface area (Å²) in [5.41, 5.74) is 2.84. The molecule has 3 rings (SSSR count). The number of nitrogens with one attached hydrogen (secondary N) is 2. The van der Waals surface area contributed by atoms with Gasteiger partial charge in [-0.2, -0.15) is 0 Å². The van der Waals surface area contributed by atoms with E-state index in [9.17, 15) is 10.1 Å². The van der Waals surface area contributed by atoms with E-state index in [1.165, 1.54) is 6.07 Å². The van der Waals surface area contributed by atoms with Crippen LogP contribution in [0.25, 0.3) is 11.0 Å². The molecule has 0 aliphatic carbocycles. The number of benzene rings is 2. The van der Waals surface area contributed by atoms with Crippen molar-refractivity contribution in [3.63, 3.8) is 0 Å². The molecular formula is C21H27IN6O2. The van der Waals surface area contributed by atoms with E-state index in [2.05, 4.69) is 31.2 Å². The SMILES string of the molecule is CCNC(=NCc1ccccc1[N+](=O)[O-])NCCCn1c(C)nc2ccccc21.I. The predicted molar refractivity (Wildman–Crippen MR) is 130 cm³/mol. The summed E-state index contributed by atoms with van der Waals surface area (Å²) >= 11 is 0. The molecule has 0 saturated carbocycles. The number of halogens is 1. The summed E-state index contributed by atoms with van der Waals surface area (Å²) in [6, 6.07) is 14.8. The molecule has 160 valence electrons. The molecule has 0 aliphatic heterocycles. The Hall–Kier alpha value is -2.69. The Kier molecular flexibility index (Phi) is 9.03. The van der Waals surface area contributed by atoms with Crippen molar-refractivity contribution in [1.29, 1.82) is 0 Å². The minimum Gasteiger partial charge on any atom is -0.357 e. The quantitative estimate of drug-likeness (QED) is 0.116. The molecule has 0 unspecified atom stereocenters. The zero-order valence-electron chi connectivity index (χ0n) is 17.2. The summed E-state index contributed by atoms with van der Waals surface area (Å²) in [4.78, 5) is 19.9. The number of hydrogen-bond donors (Lipinski definition) is 2. The number of rotatable bonds is 8. The van der Waals surface area contributed by atoms with E-state index in [0.29, 0.717) is 18.1 Å². The lowest BCUT2D eigenvalue weighted by Gasteiger charge is -2.12. The Morgan fingerprint density at radius 3 is 2.67 bits per heavy atom. The number of hydrogen-bond acceptors (Lipinski definition) is 4. The molecule has 0 amide bonds. The number of aliphatic imine (C=N–C) groups is 1. The molecule has 1 aromatic heterocycles. The molecule has 0 spiro atoms. The first-order valence-electron chi connectivity index (χ1n) is 9.76. The fraction of sp³-hybridized carbons (Fsp3) is 0.333. The van der Waals surface area contributed by atoms with Crippen molar-refractivity contribution in [1.82, 2.24) is 20.2 Å². The van der Waals surface area contributed by atoms with E-state index in [4.69, 9.17) is 0 Å². The number of guanidine groups is 1. The molecule has 30 heavy (non-hydrogen) atoms. The standard InChI is InChI=1S/C21H26N6O2.HI/c1-3-22-21(24-15-17-9-4-6-11-19(17)27(28)29)23-13-8-14-26-16(2)25-18-10-5-7-12-20(18)26;/h4-7,9-12H,3,8,13-15H2,1-2H3,(H2,22,23,24);1H. The van der Waals surface area contributed by atoms with Crippen molar-refractivity contribution in [2.75, 3.05) is 13.1 Å². The van der Waals surface area contributed by atoms with Crippen molar-refractivity contribution < 1.29 is 4.92 Å². The number of aromatic nitrogens is 2. The molecule has 0 radical (unpaired) electrons. The van der Waals surface area contributed by atoms with Crippen LogP contribution in [0.15, 0.2) is 53.5 Å². The highest BCUT2D eigenvalue weighted by Crippen LogP contribution is 2.18. The van der Waals surface area contributed by atoms with E-state index in [-0.39, 0.29) is 41.1 Å². The van der Waals surface area contributed by atoms with Gasteiger partial charge in [0.05, 0.1) is 28.1 Å². The Morgan fingerprint density at radius 1 is 1.17 bits per heavy atom. The van der Waals surface area contributed by atoms with Crippen LogP contribution in [-0.2, 0) is 13.1 Å². The zero-order valence-corrected chi connectivity index (χ0v) is 19.5. The van der Waals surface area contributed by atoms with Crippen LogP contribution >= 0.6 is 24.0 Å². The maximum atomic E-state index is 11.2. The van der Waals surface area contributed by atoms with Crippen molar-refractivity contribution in [2.24, 2.45) is 4.99 Å². The van der Waals surface area contributed by atoms with Gasteiger partial charge in [-0.1, -0.05) is 30.3 Å². The Bertz CT molecular complexity index is 1020. The Morgan fingerprint density at radius 2 is 1.90 bits per heavy atom. The van der Waals surface area contributed by atoms with Gasteiger partial charge >= 0.3 is 0 Å². The minimum absolute atomic E-state index is 0. The first-order chi connectivity index (χ1) is 14.1. The van der Waals surface area contributed by atoms with Gasteiger partial charge in [0.15, 0.2) is 5.96 Å². The van der Waals surface area contributed by atoms with Crippen LogP contribution in [0.1, 0.15) is 24.7 Å². The average Bonchev–Trinajstić information content (AvgIpc) is 3.04. The highest BCUT2D eigenvalue weighted by atomic mass is 127. The number of aryl methyl sites for hydroxylation is 2. The average molecular weight is 522 g/mol. The molecule has 2 N–H and O–H groups in total. The van der Waals surface area contributed by atoms with Crippen LogP contribution in [0.3, 0.4) is 0 Å². The number of nitro groups is 1. The number of para-hydroxylation sites is 3. The molecule has 8 nitrogen and oxygen atoms in total. The van der Waals surface area contributed by atoms with Gasteiger partial charge in [-0.05, 0) is 32.4 Å². The predicted octanol–water partition coefficient (Wildman–Crippen LogP) is 4.02.